The van der Waals surface area contributed by atoms with Gasteiger partial charge in [-0.3, -0.25) is 14.2 Å². The SMILES string of the molecule is Cc1cc(-n2c(=O)c3sccc3n(CC(=O)Nc3cc(F)ccc3Cl)c2=O)ccc1F. The number of nitrogens with one attached hydrogen (secondary N) is 1. The van der Waals surface area contributed by atoms with Crippen molar-refractivity contribution in [1.29, 1.82) is 0 Å². The van der Waals surface area contributed by atoms with E-state index in [0.717, 1.165) is 38.7 Å². The second-order valence-electron chi connectivity index (χ2n) is 6.75. The molecule has 10 heteroatoms. The van der Waals surface area contributed by atoms with Crippen molar-refractivity contribution < 1.29 is 13.6 Å². The molecule has 0 aliphatic heterocycles. The number of hydrogen-bond donors (Lipinski definition) is 1. The Morgan fingerprint density at radius 1 is 1.13 bits per heavy atom. The van der Waals surface area contributed by atoms with E-state index in [0.29, 0.717) is 0 Å². The lowest BCUT2D eigenvalue weighted by molar-refractivity contribution is -0.116. The van der Waals surface area contributed by atoms with Gasteiger partial charge >= 0.3 is 5.69 Å². The van der Waals surface area contributed by atoms with E-state index in [-0.39, 0.29) is 32.2 Å². The van der Waals surface area contributed by atoms with E-state index in [1.165, 1.54) is 25.1 Å². The second-order valence-corrected chi connectivity index (χ2v) is 8.07. The largest absolute Gasteiger partial charge is 0.336 e. The molecule has 1 N–H and O–H groups in total. The second kappa shape index (κ2) is 8.09. The third-order valence-corrected chi connectivity index (χ3v) is 5.88. The van der Waals surface area contributed by atoms with Gasteiger partial charge in [0, 0.05) is 0 Å². The highest BCUT2D eigenvalue weighted by Gasteiger charge is 2.18. The van der Waals surface area contributed by atoms with Gasteiger partial charge in [-0.2, -0.15) is 0 Å². The van der Waals surface area contributed by atoms with Crippen LogP contribution in [-0.4, -0.2) is 15.0 Å². The Bertz CT molecular complexity index is 1460. The van der Waals surface area contributed by atoms with Gasteiger partial charge in [-0.1, -0.05) is 11.6 Å². The molecule has 0 atom stereocenters. The lowest BCUT2D eigenvalue weighted by atomic mass is 10.2. The van der Waals surface area contributed by atoms with Crippen molar-refractivity contribution in [2.45, 2.75) is 13.5 Å². The summed E-state index contributed by atoms with van der Waals surface area (Å²) in [5.41, 5.74) is -0.529. The number of thiophene rings is 1. The van der Waals surface area contributed by atoms with Crippen molar-refractivity contribution in [3.05, 3.63) is 90.9 Å². The molecular weight excluding hydrogens is 448 g/mol. The Morgan fingerprint density at radius 2 is 1.90 bits per heavy atom. The fourth-order valence-electron chi connectivity index (χ4n) is 3.16. The van der Waals surface area contributed by atoms with Crippen molar-refractivity contribution in [2.24, 2.45) is 0 Å². The maximum atomic E-state index is 13.7. The molecule has 4 aromatic rings. The Kier molecular flexibility index (Phi) is 5.47. The van der Waals surface area contributed by atoms with E-state index in [1.54, 1.807) is 11.4 Å². The van der Waals surface area contributed by atoms with Crippen LogP contribution in [0, 0.1) is 18.6 Å². The van der Waals surface area contributed by atoms with Gasteiger partial charge in [0.15, 0.2) is 0 Å². The minimum Gasteiger partial charge on any atom is -0.323 e. The summed E-state index contributed by atoms with van der Waals surface area (Å²) in [6, 6.07) is 8.94. The van der Waals surface area contributed by atoms with Gasteiger partial charge in [-0.25, -0.2) is 18.1 Å². The lowest BCUT2D eigenvalue weighted by Crippen LogP contribution is -2.40. The van der Waals surface area contributed by atoms with Crippen molar-refractivity contribution >= 4 is 44.7 Å². The number of carbonyl (C=O) groups is 1. The van der Waals surface area contributed by atoms with Gasteiger partial charge in [-0.15, -0.1) is 11.3 Å². The lowest BCUT2D eigenvalue weighted by Gasteiger charge is -2.13. The highest BCUT2D eigenvalue weighted by atomic mass is 35.5. The molecule has 31 heavy (non-hydrogen) atoms. The number of nitrogens with zero attached hydrogens (tertiary/aromatic N) is 2. The number of rotatable bonds is 4. The van der Waals surface area contributed by atoms with Crippen LogP contribution >= 0.6 is 22.9 Å². The number of amides is 1. The molecule has 158 valence electrons. The monoisotopic (exact) mass is 461 g/mol. The van der Waals surface area contributed by atoms with Gasteiger partial charge in [0.25, 0.3) is 5.56 Å². The molecule has 6 nitrogen and oxygen atoms in total. The number of anilines is 1. The third-order valence-electron chi connectivity index (χ3n) is 4.66. The molecule has 0 aliphatic carbocycles. The van der Waals surface area contributed by atoms with E-state index in [2.05, 4.69) is 5.32 Å². The first-order valence-electron chi connectivity index (χ1n) is 9.01. The molecule has 2 heterocycles. The van der Waals surface area contributed by atoms with E-state index < -0.39 is 35.3 Å². The molecule has 0 radical (unpaired) electrons. The molecular formula is C21H14ClF2N3O3S. The summed E-state index contributed by atoms with van der Waals surface area (Å²) in [4.78, 5) is 38.7. The molecule has 2 aromatic heterocycles. The third kappa shape index (κ3) is 3.89. The summed E-state index contributed by atoms with van der Waals surface area (Å²) in [6.07, 6.45) is 0. The molecule has 0 saturated heterocycles. The summed E-state index contributed by atoms with van der Waals surface area (Å²) >= 11 is 7.10. The standard InChI is InChI=1S/C21H14ClF2N3O3S/c1-11-8-13(3-5-15(11)24)27-20(29)19-17(6-7-31-19)26(21(27)30)10-18(28)25-16-9-12(23)2-4-14(16)22/h2-9H,10H2,1H3,(H,25,28). The summed E-state index contributed by atoms with van der Waals surface area (Å²) in [5.74, 6) is -1.69. The molecule has 0 fully saturated rings. The van der Waals surface area contributed by atoms with Crippen molar-refractivity contribution in [1.82, 2.24) is 9.13 Å². The van der Waals surface area contributed by atoms with Crippen LogP contribution in [0.4, 0.5) is 14.5 Å². The minimum atomic E-state index is -0.762. The van der Waals surface area contributed by atoms with Crippen LogP contribution in [0.1, 0.15) is 5.56 Å². The average molecular weight is 462 g/mol. The molecule has 1 amide bonds. The number of hydrogen-bond acceptors (Lipinski definition) is 4. The number of aromatic nitrogens is 2. The smallest absolute Gasteiger partial charge is 0.323 e. The molecule has 0 spiro atoms. The Hall–Kier alpha value is -3.30. The molecule has 0 bridgehead atoms. The fourth-order valence-corrected chi connectivity index (χ4v) is 4.15. The van der Waals surface area contributed by atoms with Crippen molar-refractivity contribution in [3.8, 4) is 5.69 Å². The average Bonchev–Trinajstić information content (AvgIpc) is 3.21. The number of aryl methyl sites for hydroxylation is 1. The number of halogens is 3. The summed E-state index contributed by atoms with van der Waals surface area (Å²) in [5, 5.41) is 4.23. The van der Waals surface area contributed by atoms with Gasteiger partial charge in [-0.05, 0) is 60.3 Å². The summed E-state index contributed by atoms with van der Waals surface area (Å²) in [6.45, 7) is 1.07. The Labute approximate surface area is 182 Å². The molecule has 0 saturated carbocycles. The zero-order chi connectivity index (χ0) is 22.3. The van der Waals surface area contributed by atoms with Crippen LogP contribution in [0.15, 0.2) is 57.4 Å². The summed E-state index contributed by atoms with van der Waals surface area (Å²) < 4.78 is 29.4. The summed E-state index contributed by atoms with van der Waals surface area (Å²) in [7, 11) is 0. The van der Waals surface area contributed by atoms with Crippen LogP contribution in [-0.2, 0) is 11.3 Å². The molecule has 4 rings (SSSR count). The normalized spacial score (nSPS) is 11.1. The first-order chi connectivity index (χ1) is 14.8. The Balaban J connectivity index is 1.81. The number of carbonyl (C=O) groups excluding carboxylic acids is 1. The highest BCUT2D eigenvalue weighted by molar-refractivity contribution is 7.17. The first-order valence-corrected chi connectivity index (χ1v) is 10.3. The van der Waals surface area contributed by atoms with Gasteiger partial charge in [0.1, 0.15) is 22.9 Å². The van der Waals surface area contributed by atoms with Crippen LogP contribution in [0.2, 0.25) is 5.02 Å². The zero-order valence-corrected chi connectivity index (χ0v) is 17.6. The topological polar surface area (TPSA) is 73.1 Å². The maximum Gasteiger partial charge on any atom is 0.336 e. The van der Waals surface area contributed by atoms with Crippen LogP contribution in [0.3, 0.4) is 0 Å². The Morgan fingerprint density at radius 3 is 2.65 bits per heavy atom. The molecule has 0 aliphatic rings. The highest BCUT2D eigenvalue weighted by Crippen LogP contribution is 2.23. The minimum absolute atomic E-state index is 0.0590. The van der Waals surface area contributed by atoms with E-state index in [9.17, 15) is 23.2 Å². The van der Waals surface area contributed by atoms with Crippen molar-refractivity contribution in [2.75, 3.05) is 5.32 Å². The number of fused-ring (bicyclic) bond motifs is 1. The predicted molar refractivity (Wildman–Crippen MR) is 116 cm³/mol. The van der Waals surface area contributed by atoms with Gasteiger partial charge in [0.2, 0.25) is 5.91 Å². The zero-order valence-electron chi connectivity index (χ0n) is 16.0. The number of benzene rings is 2. The van der Waals surface area contributed by atoms with Crippen LogP contribution in [0.25, 0.3) is 15.9 Å². The quantitative estimate of drug-likeness (QED) is 0.497. The maximum absolute atomic E-state index is 13.7. The van der Waals surface area contributed by atoms with Gasteiger partial charge in [0.05, 0.1) is 21.9 Å². The van der Waals surface area contributed by atoms with Crippen molar-refractivity contribution in [3.63, 3.8) is 0 Å². The van der Waals surface area contributed by atoms with E-state index in [1.807, 2.05) is 0 Å². The van der Waals surface area contributed by atoms with E-state index >= 15 is 0 Å². The molecule has 0 unspecified atom stereocenters. The first kappa shape index (κ1) is 21.0. The predicted octanol–water partition coefficient (Wildman–Crippen LogP) is 4.09. The molecule has 2 aromatic carbocycles. The van der Waals surface area contributed by atoms with Crippen LogP contribution < -0.4 is 16.6 Å². The van der Waals surface area contributed by atoms with E-state index in [4.69, 9.17) is 11.6 Å². The van der Waals surface area contributed by atoms with Crippen LogP contribution in [0.5, 0.6) is 0 Å². The fraction of sp³-hybridized carbons (Fsp3) is 0.0952. The van der Waals surface area contributed by atoms with Gasteiger partial charge < -0.3 is 5.32 Å².